The molecule has 0 spiro atoms. The van der Waals surface area contributed by atoms with Gasteiger partial charge in [0.15, 0.2) is 0 Å². The molecule has 2 aromatic carbocycles. The molecule has 0 bridgehead atoms. The minimum Gasteiger partial charge on any atom is -0.383 e. The molecule has 0 saturated carbocycles. The van der Waals surface area contributed by atoms with E-state index in [0.29, 0.717) is 12.2 Å². The largest absolute Gasteiger partial charge is 0.383 e. The molecule has 25 heavy (non-hydrogen) atoms. The first-order valence-electron chi connectivity index (χ1n) is 8.40. The van der Waals surface area contributed by atoms with Gasteiger partial charge in [-0.15, -0.1) is 0 Å². The molecule has 4 heteroatoms. The van der Waals surface area contributed by atoms with Crippen molar-refractivity contribution in [3.63, 3.8) is 0 Å². The zero-order valence-electron chi connectivity index (χ0n) is 14.5. The summed E-state index contributed by atoms with van der Waals surface area (Å²) in [6.07, 6.45) is 2.78. The Morgan fingerprint density at radius 1 is 1.12 bits per heavy atom. The summed E-state index contributed by atoms with van der Waals surface area (Å²) in [5.74, 6) is 0. The number of nitriles is 1. The van der Waals surface area contributed by atoms with Crippen molar-refractivity contribution in [3.05, 3.63) is 66.5 Å². The molecule has 0 aliphatic carbocycles. The highest BCUT2D eigenvalue weighted by Crippen LogP contribution is 2.35. The second kappa shape index (κ2) is 7.78. The van der Waals surface area contributed by atoms with E-state index in [0.717, 1.165) is 28.9 Å². The maximum Gasteiger partial charge on any atom is 0.0998 e. The predicted octanol–water partition coefficient (Wildman–Crippen LogP) is 4.69. The normalized spacial score (nSPS) is 11.9. The van der Waals surface area contributed by atoms with Crippen molar-refractivity contribution < 1.29 is 4.74 Å². The van der Waals surface area contributed by atoms with Gasteiger partial charge in [0.1, 0.15) is 0 Å². The highest BCUT2D eigenvalue weighted by molar-refractivity contribution is 5.81. The van der Waals surface area contributed by atoms with E-state index < -0.39 is 0 Å². The van der Waals surface area contributed by atoms with Crippen LogP contribution in [0.4, 0.5) is 0 Å². The van der Waals surface area contributed by atoms with Crippen LogP contribution in [0.3, 0.4) is 0 Å². The topological polar surface area (TPSA) is 50.8 Å². The third kappa shape index (κ3) is 3.33. The molecule has 3 rings (SSSR count). The molecular weight excluding hydrogens is 310 g/mol. The number of imidazole rings is 1. The molecule has 126 valence electrons. The van der Waals surface area contributed by atoms with Crippen LogP contribution >= 0.6 is 0 Å². The van der Waals surface area contributed by atoms with Crippen molar-refractivity contribution in [2.24, 2.45) is 0 Å². The summed E-state index contributed by atoms with van der Waals surface area (Å²) in [4.78, 5) is 4.69. The van der Waals surface area contributed by atoms with E-state index in [1.165, 1.54) is 0 Å². The maximum atomic E-state index is 9.56. The van der Waals surface area contributed by atoms with Gasteiger partial charge in [-0.2, -0.15) is 5.26 Å². The summed E-state index contributed by atoms with van der Waals surface area (Å²) in [5.41, 5.74) is 4.44. The van der Waals surface area contributed by atoms with E-state index in [9.17, 15) is 5.26 Å². The number of hydrogen-bond donors (Lipinski definition) is 0. The molecule has 0 unspecified atom stereocenters. The van der Waals surface area contributed by atoms with Crippen molar-refractivity contribution in [1.82, 2.24) is 9.55 Å². The van der Waals surface area contributed by atoms with Crippen LogP contribution in [0.1, 0.15) is 24.9 Å². The van der Waals surface area contributed by atoms with Gasteiger partial charge >= 0.3 is 0 Å². The van der Waals surface area contributed by atoms with Gasteiger partial charge in [-0.3, -0.25) is 0 Å². The fraction of sp³-hybridized carbons (Fsp3) is 0.238. The van der Waals surface area contributed by atoms with Crippen LogP contribution in [-0.2, 0) is 4.74 Å². The second-order valence-corrected chi connectivity index (χ2v) is 5.89. The van der Waals surface area contributed by atoms with Gasteiger partial charge < -0.3 is 9.30 Å². The number of rotatable bonds is 6. The Balaban J connectivity index is 2.25. The molecular formula is C21H21N3O. The van der Waals surface area contributed by atoms with E-state index in [-0.39, 0.29) is 6.04 Å². The molecule has 0 aliphatic rings. The number of hydrogen-bond acceptors (Lipinski definition) is 3. The average molecular weight is 331 g/mol. The molecule has 1 heterocycles. The third-order valence-corrected chi connectivity index (χ3v) is 4.37. The summed E-state index contributed by atoms with van der Waals surface area (Å²) in [6, 6.07) is 20.2. The summed E-state index contributed by atoms with van der Waals surface area (Å²) < 4.78 is 7.54. The van der Waals surface area contributed by atoms with Crippen molar-refractivity contribution >= 4 is 0 Å². The monoisotopic (exact) mass is 331 g/mol. The van der Waals surface area contributed by atoms with Gasteiger partial charge in [0.2, 0.25) is 0 Å². The number of benzene rings is 2. The number of aromatic nitrogens is 2. The lowest BCUT2D eigenvalue weighted by atomic mass is 10.00. The SMILES string of the molecule is CC[C@@H](COC)n1cnc(-c2ccccc2)c1-c1ccccc1C#N. The number of nitrogens with zero attached hydrogens (tertiary/aromatic N) is 3. The van der Waals surface area contributed by atoms with E-state index >= 15 is 0 Å². The van der Waals surface area contributed by atoms with Crippen molar-refractivity contribution in [2.75, 3.05) is 13.7 Å². The van der Waals surface area contributed by atoms with Crippen LogP contribution in [0.25, 0.3) is 22.5 Å². The minimum atomic E-state index is 0.164. The zero-order valence-corrected chi connectivity index (χ0v) is 14.5. The first-order valence-corrected chi connectivity index (χ1v) is 8.40. The Bertz CT molecular complexity index is 878. The molecule has 0 aliphatic heterocycles. The predicted molar refractivity (Wildman–Crippen MR) is 99.0 cm³/mol. The molecule has 0 fully saturated rings. The third-order valence-electron chi connectivity index (χ3n) is 4.37. The molecule has 0 saturated heterocycles. The van der Waals surface area contributed by atoms with E-state index in [1.807, 2.05) is 60.9 Å². The fourth-order valence-corrected chi connectivity index (χ4v) is 3.09. The van der Waals surface area contributed by atoms with Gasteiger partial charge in [-0.25, -0.2) is 4.98 Å². The Morgan fingerprint density at radius 2 is 1.84 bits per heavy atom. The lowest BCUT2D eigenvalue weighted by Gasteiger charge is -2.20. The highest BCUT2D eigenvalue weighted by atomic mass is 16.5. The standard InChI is InChI=1S/C21H21N3O/c1-3-18(14-25-2)24-15-23-20(16-9-5-4-6-10-16)21(24)19-12-8-7-11-17(19)13-22/h4-12,15,18H,3,14H2,1-2H3/t18-/m0/s1. The summed E-state index contributed by atoms with van der Waals surface area (Å²) in [7, 11) is 1.71. The van der Waals surface area contributed by atoms with E-state index in [4.69, 9.17) is 4.74 Å². The first kappa shape index (κ1) is 16.9. The van der Waals surface area contributed by atoms with Gasteiger partial charge in [-0.05, 0) is 12.5 Å². The fourth-order valence-electron chi connectivity index (χ4n) is 3.09. The van der Waals surface area contributed by atoms with Gasteiger partial charge in [0.25, 0.3) is 0 Å². The first-order chi connectivity index (χ1) is 12.3. The van der Waals surface area contributed by atoms with E-state index in [2.05, 4.69) is 22.5 Å². The van der Waals surface area contributed by atoms with Crippen molar-refractivity contribution in [1.29, 1.82) is 5.26 Å². The minimum absolute atomic E-state index is 0.164. The maximum absolute atomic E-state index is 9.56. The van der Waals surface area contributed by atoms with Crippen LogP contribution in [0, 0.1) is 11.3 Å². The molecule has 0 N–H and O–H groups in total. The van der Waals surface area contributed by atoms with Gasteiger partial charge in [-0.1, -0.05) is 55.5 Å². The Hall–Kier alpha value is -2.90. The number of ether oxygens (including phenoxy) is 1. The summed E-state index contributed by atoms with van der Waals surface area (Å²) in [5, 5.41) is 9.56. The lowest BCUT2D eigenvalue weighted by Crippen LogP contribution is -2.14. The van der Waals surface area contributed by atoms with E-state index in [1.54, 1.807) is 7.11 Å². The van der Waals surface area contributed by atoms with Gasteiger partial charge in [0, 0.05) is 18.2 Å². The van der Waals surface area contributed by atoms with Crippen LogP contribution in [-0.4, -0.2) is 23.3 Å². The quantitative estimate of drug-likeness (QED) is 0.658. The van der Waals surface area contributed by atoms with Gasteiger partial charge in [0.05, 0.1) is 42.0 Å². The molecule has 0 amide bonds. The van der Waals surface area contributed by atoms with Crippen molar-refractivity contribution in [3.8, 4) is 28.6 Å². The molecule has 3 aromatic rings. The Morgan fingerprint density at radius 3 is 2.52 bits per heavy atom. The molecule has 1 atom stereocenters. The summed E-state index contributed by atoms with van der Waals surface area (Å²) >= 11 is 0. The highest BCUT2D eigenvalue weighted by Gasteiger charge is 2.21. The lowest BCUT2D eigenvalue weighted by molar-refractivity contribution is 0.154. The number of methoxy groups -OCH3 is 1. The van der Waals surface area contributed by atoms with Crippen molar-refractivity contribution in [2.45, 2.75) is 19.4 Å². The molecule has 0 radical (unpaired) electrons. The Labute approximate surface area is 148 Å². The molecule has 4 nitrogen and oxygen atoms in total. The second-order valence-electron chi connectivity index (χ2n) is 5.89. The Kier molecular flexibility index (Phi) is 5.27. The van der Waals surface area contributed by atoms with Crippen LogP contribution < -0.4 is 0 Å². The van der Waals surface area contributed by atoms with Crippen LogP contribution in [0.15, 0.2) is 60.9 Å². The van der Waals surface area contributed by atoms with Crippen LogP contribution in [0.2, 0.25) is 0 Å². The zero-order chi connectivity index (χ0) is 17.6. The smallest absolute Gasteiger partial charge is 0.0998 e. The average Bonchev–Trinajstić information content (AvgIpc) is 3.11. The molecule has 1 aromatic heterocycles. The van der Waals surface area contributed by atoms with Crippen LogP contribution in [0.5, 0.6) is 0 Å². The summed E-state index contributed by atoms with van der Waals surface area (Å²) in [6.45, 7) is 2.73.